The van der Waals surface area contributed by atoms with Gasteiger partial charge in [-0.2, -0.15) is 0 Å². The zero-order chi connectivity index (χ0) is 24.0. The lowest BCUT2D eigenvalue weighted by atomic mass is 10.0. The molecule has 1 fully saturated rings. The third kappa shape index (κ3) is 5.84. The van der Waals surface area contributed by atoms with E-state index < -0.39 is 0 Å². The van der Waals surface area contributed by atoms with Gasteiger partial charge >= 0.3 is 0 Å². The average Bonchev–Trinajstić information content (AvgIpc) is 2.88. The van der Waals surface area contributed by atoms with Crippen LogP contribution < -0.4 is 10.9 Å². The molecule has 35 heavy (non-hydrogen) atoms. The summed E-state index contributed by atoms with van der Waals surface area (Å²) < 4.78 is 1.41. The number of carbonyl (C=O) groups is 1. The minimum atomic E-state index is -0.183. The Hall–Kier alpha value is -3.77. The van der Waals surface area contributed by atoms with Crippen LogP contribution in [-0.2, 0) is 24.3 Å². The van der Waals surface area contributed by atoms with E-state index in [1.54, 1.807) is 0 Å². The molecule has 1 aromatic heterocycles. The first-order valence-electron chi connectivity index (χ1n) is 12.2. The molecule has 0 aliphatic carbocycles. The smallest absolute Gasteiger partial charge is 0.261 e. The van der Waals surface area contributed by atoms with Crippen LogP contribution in [0.1, 0.15) is 29.5 Å². The Morgan fingerprint density at radius 2 is 1.57 bits per heavy atom. The number of hydrogen-bond donors (Lipinski definition) is 1. The Morgan fingerprint density at radius 3 is 2.29 bits per heavy atom. The summed E-state index contributed by atoms with van der Waals surface area (Å²) in [4.78, 5) is 32.7. The van der Waals surface area contributed by atoms with Gasteiger partial charge in [-0.15, -0.1) is 0 Å². The molecule has 1 aliphatic rings. The van der Waals surface area contributed by atoms with E-state index in [1.807, 2.05) is 42.5 Å². The molecule has 6 nitrogen and oxygen atoms in total. The summed E-state index contributed by atoms with van der Waals surface area (Å²) in [6, 6.07) is 26.5. The van der Waals surface area contributed by atoms with Crippen molar-refractivity contribution in [2.75, 3.05) is 13.1 Å². The first kappa shape index (κ1) is 23.0. The number of nitrogens with one attached hydrogen (secondary N) is 1. The van der Waals surface area contributed by atoms with E-state index in [0.29, 0.717) is 10.9 Å². The molecule has 3 aromatic carbocycles. The SMILES string of the molecule is O=C(Cn1cnc2ccc(Cc3ccccc3)cc2c1=O)NC1CCN(Cc2ccccc2)CC1. The van der Waals surface area contributed by atoms with Gasteiger partial charge in [-0.05, 0) is 48.1 Å². The predicted octanol–water partition coefficient (Wildman–Crippen LogP) is 3.77. The van der Waals surface area contributed by atoms with E-state index in [4.69, 9.17) is 0 Å². The number of piperidine rings is 1. The number of likely N-dealkylation sites (tertiary alicyclic amines) is 1. The lowest BCUT2D eigenvalue weighted by Crippen LogP contribution is -2.45. The van der Waals surface area contributed by atoms with Crippen LogP contribution in [0.25, 0.3) is 10.9 Å². The molecule has 1 N–H and O–H groups in total. The summed E-state index contributed by atoms with van der Waals surface area (Å²) in [6.45, 7) is 2.81. The molecule has 0 radical (unpaired) electrons. The van der Waals surface area contributed by atoms with E-state index in [1.165, 1.54) is 22.0 Å². The molecule has 178 valence electrons. The molecule has 2 heterocycles. The van der Waals surface area contributed by atoms with Gasteiger partial charge in [0, 0.05) is 25.7 Å². The van der Waals surface area contributed by atoms with Crippen molar-refractivity contribution in [3.63, 3.8) is 0 Å². The quantitative estimate of drug-likeness (QED) is 0.450. The van der Waals surface area contributed by atoms with E-state index in [-0.39, 0.29) is 24.1 Å². The molecule has 0 bridgehead atoms. The number of carbonyl (C=O) groups excluding carboxylic acids is 1. The van der Waals surface area contributed by atoms with E-state index >= 15 is 0 Å². The van der Waals surface area contributed by atoms with Gasteiger partial charge in [0.2, 0.25) is 5.91 Å². The Balaban J connectivity index is 1.19. The Labute approximate surface area is 205 Å². The highest BCUT2D eigenvalue weighted by atomic mass is 16.2. The lowest BCUT2D eigenvalue weighted by Gasteiger charge is -2.32. The fourth-order valence-corrected chi connectivity index (χ4v) is 4.77. The normalized spacial score (nSPS) is 14.7. The summed E-state index contributed by atoms with van der Waals surface area (Å²) >= 11 is 0. The number of benzene rings is 3. The van der Waals surface area contributed by atoms with Crippen LogP contribution in [0, 0.1) is 0 Å². The van der Waals surface area contributed by atoms with Crippen molar-refractivity contribution < 1.29 is 4.79 Å². The lowest BCUT2D eigenvalue weighted by molar-refractivity contribution is -0.122. The van der Waals surface area contributed by atoms with Crippen molar-refractivity contribution in [2.45, 2.75) is 38.4 Å². The summed E-state index contributed by atoms with van der Waals surface area (Å²) in [5.74, 6) is -0.143. The number of hydrogen-bond acceptors (Lipinski definition) is 4. The Bertz CT molecular complexity index is 1340. The molecular formula is C29H30N4O2. The van der Waals surface area contributed by atoms with E-state index in [9.17, 15) is 9.59 Å². The van der Waals surface area contributed by atoms with Crippen molar-refractivity contribution in [1.29, 1.82) is 0 Å². The highest BCUT2D eigenvalue weighted by Crippen LogP contribution is 2.15. The van der Waals surface area contributed by atoms with Gasteiger partial charge in [-0.3, -0.25) is 19.1 Å². The number of aromatic nitrogens is 2. The van der Waals surface area contributed by atoms with Crippen molar-refractivity contribution in [1.82, 2.24) is 19.8 Å². The van der Waals surface area contributed by atoms with Crippen molar-refractivity contribution in [3.05, 3.63) is 112 Å². The van der Waals surface area contributed by atoms with Crippen molar-refractivity contribution in [3.8, 4) is 0 Å². The highest BCUT2D eigenvalue weighted by molar-refractivity contribution is 5.79. The van der Waals surface area contributed by atoms with E-state index in [0.717, 1.165) is 44.5 Å². The fourth-order valence-electron chi connectivity index (χ4n) is 4.77. The van der Waals surface area contributed by atoms with Gasteiger partial charge in [0.15, 0.2) is 0 Å². The standard InChI is InChI=1S/C29H30N4O2/c34-28(31-25-13-15-32(16-14-25)19-23-9-5-2-6-10-23)20-33-21-30-27-12-11-24(18-26(27)29(33)35)17-22-7-3-1-4-8-22/h1-12,18,21,25H,13-17,19-20H2,(H,31,34). The van der Waals surface area contributed by atoms with E-state index in [2.05, 4.69) is 51.6 Å². The molecule has 1 aliphatic heterocycles. The Kier molecular flexibility index (Phi) is 7.00. The van der Waals surface area contributed by atoms with Crippen LogP contribution in [0.4, 0.5) is 0 Å². The third-order valence-electron chi connectivity index (χ3n) is 6.66. The summed E-state index contributed by atoms with van der Waals surface area (Å²) in [7, 11) is 0. The molecule has 1 saturated heterocycles. The van der Waals surface area contributed by atoms with Gasteiger partial charge < -0.3 is 5.32 Å². The van der Waals surface area contributed by atoms with Crippen LogP contribution in [-0.4, -0.2) is 39.5 Å². The van der Waals surface area contributed by atoms with Gasteiger partial charge in [-0.1, -0.05) is 66.7 Å². The number of nitrogens with zero attached hydrogens (tertiary/aromatic N) is 3. The maximum absolute atomic E-state index is 13.1. The second kappa shape index (κ2) is 10.7. The van der Waals surface area contributed by atoms with Crippen LogP contribution in [0.5, 0.6) is 0 Å². The van der Waals surface area contributed by atoms with Gasteiger partial charge in [-0.25, -0.2) is 4.98 Å². The molecule has 1 amide bonds. The molecule has 0 unspecified atom stereocenters. The second-order valence-corrected chi connectivity index (χ2v) is 9.30. The molecule has 0 saturated carbocycles. The molecule has 6 heteroatoms. The molecule has 0 spiro atoms. The molecule has 4 aromatic rings. The van der Waals surface area contributed by atoms with Crippen LogP contribution in [0.2, 0.25) is 0 Å². The maximum atomic E-state index is 13.1. The molecule has 0 atom stereocenters. The maximum Gasteiger partial charge on any atom is 0.261 e. The first-order chi connectivity index (χ1) is 17.1. The van der Waals surface area contributed by atoms with Crippen LogP contribution in [0.3, 0.4) is 0 Å². The highest BCUT2D eigenvalue weighted by Gasteiger charge is 2.21. The summed E-state index contributed by atoms with van der Waals surface area (Å²) in [5, 5.41) is 3.66. The zero-order valence-electron chi connectivity index (χ0n) is 19.8. The monoisotopic (exact) mass is 466 g/mol. The van der Waals surface area contributed by atoms with Gasteiger partial charge in [0.25, 0.3) is 5.56 Å². The molecular weight excluding hydrogens is 436 g/mol. The first-order valence-corrected chi connectivity index (χ1v) is 12.2. The second-order valence-electron chi connectivity index (χ2n) is 9.30. The van der Waals surface area contributed by atoms with Crippen LogP contribution in [0.15, 0.2) is 90.0 Å². The number of amides is 1. The van der Waals surface area contributed by atoms with Gasteiger partial charge in [0.1, 0.15) is 6.54 Å². The average molecular weight is 467 g/mol. The minimum absolute atomic E-state index is 0.0189. The predicted molar refractivity (Wildman–Crippen MR) is 138 cm³/mol. The molecule has 5 rings (SSSR count). The largest absolute Gasteiger partial charge is 0.352 e. The van der Waals surface area contributed by atoms with Crippen molar-refractivity contribution >= 4 is 16.8 Å². The minimum Gasteiger partial charge on any atom is -0.352 e. The topological polar surface area (TPSA) is 67.2 Å². The fraction of sp³-hybridized carbons (Fsp3) is 0.276. The zero-order valence-corrected chi connectivity index (χ0v) is 19.8. The number of fused-ring (bicyclic) bond motifs is 1. The number of rotatable bonds is 7. The summed E-state index contributed by atoms with van der Waals surface area (Å²) in [6.07, 6.45) is 4.04. The van der Waals surface area contributed by atoms with Crippen LogP contribution >= 0.6 is 0 Å². The third-order valence-corrected chi connectivity index (χ3v) is 6.66. The van der Waals surface area contributed by atoms with Gasteiger partial charge in [0.05, 0.1) is 17.2 Å². The Morgan fingerprint density at radius 1 is 0.886 bits per heavy atom. The van der Waals surface area contributed by atoms with Crippen molar-refractivity contribution in [2.24, 2.45) is 0 Å². The summed E-state index contributed by atoms with van der Waals surface area (Å²) in [5.41, 5.74) is 4.01.